The van der Waals surface area contributed by atoms with Crippen LogP contribution in [0.2, 0.25) is 0 Å². The number of nitrogens with zero attached hydrogens (tertiary/aromatic N) is 1. The first-order valence-corrected chi connectivity index (χ1v) is 11.5. The lowest BCUT2D eigenvalue weighted by atomic mass is 10.1. The number of amides is 1. The highest BCUT2D eigenvalue weighted by Crippen LogP contribution is 2.35. The molecule has 0 unspecified atom stereocenters. The number of ether oxygens (including phenoxy) is 3. The van der Waals surface area contributed by atoms with Crippen LogP contribution in [-0.2, 0) is 14.6 Å². The first-order valence-electron chi connectivity index (χ1n) is 9.69. The molecular weight excluding hydrogens is 396 g/mol. The topological polar surface area (TPSA) is 86.6 Å². The summed E-state index contributed by atoms with van der Waals surface area (Å²) in [6, 6.07) is 3.66. The molecule has 29 heavy (non-hydrogen) atoms. The highest BCUT2D eigenvalue weighted by molar-refractivity contribution is 7.91. The molecule has 0 saturated carbocycles. The predicted molar refractivity (Wildman–Crippen MR) is 109 cm³/mol. The monoisotopic (exact) mass is 425 g/mol. The summed E-state index contributed by atoms with van der Waals surface area (Å²) in [7, 11) is 1.80. The van der Waals surface area contributed by atoms with Crippen LogP contribution >= 0.6 is 0 Å². The number of sulfone groups is 1. The van der Waals surface area contributed by atoms with Crippen molar-refractivity contribution in [1.82, 2.24) is 4.90 Å². The van der Waals surface area contributed by atoms with Gasteiger partial charge in [-0.1, -0.05) is 0 Å². The van der Waals surface area contributed by atoms with Gasteiger partial charge in [-0.25, -0.2) is 8.42 Å². The van der Waals surface area contributed by atoms with Crippen LogP contribution in [0.5, 0.6) is 17.2 Å². The van der Waals surface area contributed by atoms with E-state index in [2.05, 4.69) is 0 Å². The molecule has 2 aliphatic heterocycles. The van der Waals surface area contributed by atoms with Gasteiger partial charge >= 0.3 is 0 Å². The van der Waals surface area contributed by atoms with E-state index in [4.69, 9.17) is 14.2 Å². The molecule has 0 aromatic heterocycles. The minimum absolute atomic E-state index is 0.0695. The first kappa shape index (κ1) is 21.4. The summed E-state index contributed by atoms with van der Waals surface area (Å²) >= 11 is 0. The summed E-state index contributed by atoms with van der Waals surface area (Å²) in [5.41, 5.74) is 0.721. The molecule has 1 aromatic rings. The highest BCUT2D eigenvalue weighted by atomic mass is 32.2. The van der Waals surface area contributed by atoms with E-state index in [0.717, 1.165) is 25.1 Å². The second-order valence-corrected chi connectivity index (χ2v) is 9.59. The zero-order valence-electron chi connectivity index (χ0n) is 17.1. The molecule has 8 nitrogen and oxygen atoms in total. The summed E-state index contributed by atoms with van der Waals surface area (Å²) in [6.07, 6.45) is 3.98. The number of rotatable bonds is 6. The van der Waals surface area contributed by atoms with Crippen molar-refractivity contribution in [3.8, 4) is 17.2 Å². The van der Waals surface area contributed by atoms with Crippen molar-refractivity contribution in [2.24, 2.45) is 0 Å². The molecule has 0 spiro atoms. The maximum absolute atomic E-state index is 12.6. The Kier molecular flexibility index (Phi) is 6.69. The summed E-state index contributed by atoms with van der Waals surface area (Å²) in [5.74, 6) is 2.20. The molecule has 2 fully saturated rings. The van der Waals surface area contributed by atoms with Crippen molar-refractivity contribution < 1.29 is 32.3 Å². The van der Waals surface area contributed by atoms with E-state index in [1.165, 1.54) is 11.0 Å². The quantitative estimate of drug-likeness (QED) is 0.627. The van der Waals surface area contributed by atoms with E-state index < -0.39 is 9.84 Å². The summed E-state index contributed by atoms with van der Waals surface area (Å²) in [5, 5.41) is 0. The number of hydrogen-bond acceptors (Lipinski definition) is 6. The molecule has 0 bridgehead atoms. The van der Waals surface area contributed by atoms with Crippen LogP contribution in [0.4, 0.5) is 0 Å². The van der Waals surface area contributed by atoms with Crippen LogP contribution < -0.4 is 19.1 Å². The fraction of sp³-hybridized carbons (Fsp3) is 0.550. The van der Waals surface area contributed by atoms with E-state index in [1.54, 1.807) is 44.4 Å². The normalized spacial score (nSPS) is 22.0. The van der Waals surface area contributed by atoms with Crippen LogP contribution in [0, 0.1) is 0 Å². The second-order valence-electron chi connectivity index (χ2n) is 7.37. The van der Waals surface area contributed by atoms with Crippen LogP contribution in [-0.4, -0.2) is 84.3 Å². The van der Waals surface area contributed by atoms with E-state index in [0.29, 0.717) is 36.1 Å². The lowest BCUT2D eigenvalue weighted by molar-refractivity contribution is -0.925. The molecule has 0 aliphatic carbocycles. The van der Waals surface area contributed by atoms with E-state index >= 15 is 0 Å². The Balaban J connectivity index is 1.62. The Hall–Kier alpha value is -2.26. The van der Waals surface area contributed by atoms with Crippen LogP contribution in [0.3, 0.4) is 0 Å². The molecule has 1 atom stereocenters. The molecule has 3 rings (SSSR count). The van der Waals surface area contributed by atoms with Gasteiger partial charge in [0.05, 0.1) is 53.3 Å². The maximum atomic E-state index is 12.6. The van der Waals surface area contributed by atoms with Crippen LogP contribution in [0.25, 0.3) is 6.08 Å². The van der Waals surface area contributed by atoms with Crippen molar-refractivity contribution in [3.05, 3.63) is 23.8 Å². The van der Waals surface area contributed by atoms with Crippen molar-refractivity contribution in [2.75, 3.05) is 59.0 Å². The minimum Gasteiger partial charge on any atom is -0.496 e. The zero-order chi connectivity index (χ0) is 21.0. The number of benzene rings is 1. The third-order valence-corrected chi connectivity index (χ3v) is 7.44. The Bertz CT molecular complexity index is 875. The fourth-order valence-electron chi connectivity index (χ4n) is 3.99. The maximum Gasteiger partial charge on any atom is 0.246 e. The molecule has 9 heteroatoms. The second kappa shape index (κ2) is 9.04. The van der Waals surface area contributed by atoms with Crippen molar-refractivity contribution in [3.63, 3.8) is 0 Å². The Morgan fingerprint density at radius 3 is 2.24 bits per heavy atom. The molecule has 2 saturated heterocycles. The molecule has 160 valence electrons. The van der Waals surface area contributed by atoms with Crippen molar-refractivity contribution >= 4 is 21.8 Å². The van der Waals surface area contributed by atoms with Gasteiger partial charge in [0.1, 0.15) is 17.5 Å². The molecule has 1 aromatic carbocycles. The van der Waals surface area contributed by atoms with Gasteiger partial charge in [0, 0.05) is 24.1 Å². The first-order chi connectivity index (χ1) is 13.9. The van der Waals surface area contributed by atoms with Gasteiger partial charge in [0.25, 0.3) is 0 Å². The third kappa shape index (κ3) is 5.02. The van der Waals surface area contributed by atoms with Gasteiger partial charge in [-0.05, 0) is 12.1 Å². The van der Waals surface area contributed by atoms with Crippen molar-refractivity contribution in [2.45, 2.75) is 12.5 Å². The number of nitrogens with one attached hydrogen (secondary N) is 1. The summed E-state index contributed by atoms with van der Waals surface area (Å²) in [6.45, 7) is 2.80. The van der Waals surface area contributed by atoms with Crippen LogP contribution in [0.15, 0.2) is 18.2 Å². The minimum atomic E-state index is -2.87. The van der Waals surface area contributed by atoms with Gasteiger partial charge in [-0.15, -0.1) is 0 Å². The molecule has 2 aliphatic rings. The number of piperazine rings is 1. The number of quaternary nitrogens is 1. The number of carbonyl (C=O) groups excluding carboxylic acids is 1. The van der Waals surface area contributed by atoms with Gasteiger partial charge in [0.2, 0.25) is 5.91 Å². The largest absolute Gasteiger partial charge is 0.496 e. The zero-order valence-corrected chi connectivity index (χ0v) is 18.0. The van der Waals surface area contributed by atoms with Gasteiger partial charge in [-0.3, -0.25) is 4.79 Å². The molecular formula is C20H29N2O6S+. The average molecular weight is 426 g/mol. The smallest absolute Gasteiger partial charge is 0.246 e. The Labute approximate surface area is 171 Å². The average Bonchev–Trinajstić information content (AvgIpc) is 3.11. The lowest BCUT2D eigenvalue weighted by Gasteiger charge is -2.34. The SMILES string of the molecule is COc1cc(OC)c(OC)cc1/C=C/C(=O)N1CC[NH+]([C@@H]2CCS(=O)(=O)C2)CC1. The number of carbonyl (C=O) groups is 1. The molecule has 2 heterocycles. The van der Waals surface area contributed by atoms with E-state index in [9.17, 15) is 13.2 Å². The third-order valence-electron chi connectivity index (χ3n) is 5.67. The summed E-state index contributed by atoms with van der Waals surface area (Å²) < 4.78 is 39.4. The fourth-order valence-corrected chi connectivity index (χ4v) is 5.81. The van der Waals surface area contributed by atoms with Crippen LogP contribution in [0.1, 0.15) is 12.0 Å². The van der Waals surface area contributed by atoms with Gasteiger partial charge in [0.15, 0.2) is 21.3 Å². The van der Waals surface area contributed by atoms with Crippen molar-refractivity contribution in [1.29, 1.82) is 0 Å². The number of hydrogen-bond donors (Lipinski definition) is 1. The van der Waals surface area contributed by atoms with E-state index in [1.807, 2.05) is 0 Å². The lowest BCUT2D eigenvalue weighted by Crippen LogP contribution is -3.18. The van der Waals surface area contributed by atoms with E-state index in [-0.39, 0.29) is 17.7 Å². The highest BCUT2D eigenvalue weighted by Gasteiger charge is 2.37. The Morgan fingerprint density at radius 2 is 1.69 bits per heavy atom. The molecule has 1 N–H and O–H groups in total. The Morgan fingerprint density at radius 1 is 1.07 bits per heavy atom. The standard InChI is InChI=1S/C20H28N2O6S/c1-26-17-13-19(28-3)18(27-2)12-15(17)4-5-20(23)22-9-7-21(8-10-22)16-6-11-29(24,25)14-16/h4-5,12-13,16H,6-11,14H2,1-3H3/p+1/b5-4+/t16-/m1/s1. The summed E-state index contributed by atoms with van der Waals surface area (Å²) in [4.78, 5) is 15.7. The number of methoxy groups -OCH3 is 3. The molecule has 0 radical (unpaired) electrons. The molecule has 1 amide bonds. The van der Waals surface area contributed by atoms with Gasteiger partial charge < -0.3 is 24.0 Å². The van der Waals surface area contributed by atoms with Gasteiger partial charge in [-0.2, -0.15) is 0 Å². The predicted octanol–water partition coefficient (Wildman–Crippen LogP) is -0.360.